The maximum absolute atomic E-state index is 12.9. The molecule has 191 valence electrons. The number of hydrogen-bond acceptors (Lipinski definition) is 4. The van der Waals surface area contributed by atoms with Gasteiger partial charge in [0.1, 0.15) is 5.69 Å². The molecule has 0 N–H and O–H groups in total. The summed E-state index contributed by atoms with van der Waals surface area (Å²) in [7, 11) is 0. The molecule has 0 atom stereocenters. The predicted molar refractivity (Wildman–Crippen MR) is 118 cm³/mol. The molecular weight excluding hydrogens is 679 g/mol. The fourth-order valence-corrected chi connectivity index (χ4v) is 3.57. The molecule has 0 saturated heterocycles. The average molecular weight is 691 g/mol. The SMILES string of the molecule is FC(F)(F)c1cc(-c2ccccn2)[n-]n1.FC(F)(F)c1cn2c3ccccc3c3ncc[c-]c3c2n1.[Ir]. The Labute approximate surface area is 217 Å². The summed E-state index contributed by atoms with van der Waals surface area (Å²) in [6.45, 7) is 0. The second-order valence-corrected chi connectivity index (χ2v) is 7.47. The molecule has 0 unspecified atom stereocenters. The zero-order valence-corrected chi connectivity index (χ0v) is 20.6. The van der Waals surface area contributed by atoms with Crippen molar-refractivity contribution in [2.24, 2.45) is 0 Å². The molecule has 1 aromatic carbocycles. The van der Waals surface area contributed by atoms with Gasteiger partial charge in [-0.05, 0) is 35.2 Å². The third-order valence-electron chi connectivity index (χ3n) is 5.14. The van der Waals surface area contributed by atoms with Gasteiger partial charge in [0.25, 0.3) is 0 Å². The van der Waals surface area contributed by atoms with Crippen LogP contribution in [-0.4, -0.2) is 24.5 Å². The van der Waals surface area contributed by atoms with E-state index >= 15 is 0 Å². The average Bonchev–Trinajstić information content (AvgIpc) is 3.54. The topological polar surface area (TPSA) is 70.1 Å². The van der Waals surface area contributed by atoms with Gasteiger partial charge in [0.2, 0.25) is 0 Å². The Morgan fingerprint density at radius 2 is 1.57 bits per heavy atom. The van der Waals surface area contributed by atoms with Gasteiger partial charge in [0, 0.05) is 43.7 Å². The van der Waals surface area contributed by atoms with Crippen molar-refractivity contribution < 1.29 is 46.4 Å². The van der Waals surface area contributed by atoms with Crippen molar-refractivity contribution in [3.8, 4) is 11.4 Å². The maximum atomic E-state index is 12.9. The molecule has 0 bridgehead atoms. The Morgan fingerprint density at radius 3 is 2.24 bits per heavy atom. The summed E-state index contributed by atoms with van der Waals surface area (Å²) in [6.07, 6.45) is -4.88. The van der Waals surface area contributed by atoms with Crippen LogP contribution in [0.2, 0.25) is 0 Å². The molecule has 5 heterocycles. The first-order chi connectivity index (χ1) is 17.1. The van der Waals surface area contributed by atoms with Crippen molar-refractivity contribution in [3.63, 3.8) is 0 Å². The molecule has 13 heteroatoms. The normalized spacial score (nSPS) is 11.8. The summed E-state index contributed by atoms with van der Waals surface area (Å²) in [5, 5.41) is 7.71. The predicted octanol–water partition coefficient (Wildman–Crippen LogP) is 5.97. The van der Waals surface area contributed by atoms with E-state index in [2.05, 4.69) is 31.2 Å². The first kappa shape index (κ1) is 26.2. The van der Waals surface area contributed by atoms with Crippen LogP contribution in [0.1, 0.15) is 11.4 Å². The maximum Gasteiger partial charge on any atom is 0.433 e. The number of para-hydroxylation sites is 1. The second kappa shape index (κ2) is 9.91. The van der Waals surface area contributed by atoms with Gasteiger partial charge in [-0.25, -0.2) is 0 Å². The van der Waals surface area contributed by atoms with E-state index < -0.39 is 23.7 Å². The van der Waals surface area contributed by atoms with Gasteiger partial charge in [0.05, 0.1) is 5.65 Å². The summed E-state index contributed by atoms with van der Waals surface area (Å²) >= 11 is 0. The van der Waals surface area contributed by atoms with E-state index in [-0.39, 0.29) is 31.4 Å². The molecular formula is C24H12F6IrN6-2. The van der Waals surface area contributed by atoms with Crippen LogP contribution in [-0.2, 0) is 32.5 Å². The number of benzene rings is 1. The zero-order valence-electron chi connectivity index (χ0n) is 18.2. The van der Waals surface area contributed by atoms with Gasteiger partial charge >= 0.3 is 12.4 Å². The minimum absolute atomic E-state index is 0. The third kappa shape index (κ3) is 5.18. The van der Waals surface area contributed by atoms with Crippen LogP contribution in [0.4, 0.5) is 26.3 Å². The van der Waals surface area contributed by atoms with Gasteiger partial charge in [-0.2, -0.15) is 26.3 Å². The number of fused-ring (bicyclic) bond motifs is 6. The summed E-state index contributed by atoms with van der Waals surface area (Å²) in [5.41, 5.74) is 0.0307. The molecule has 0 amide bonds. The fraction of sp³-hybridized carbons (Fsp3) is 0.0833. The van der Waals surface area contributed by atoms with Crippen LogP contribution in [0.15, 0.2) is 73.2 Å². The first-order valence-corrected chi connectivity index (χ1v) is 10.3. The van der Waals surface area contributed by atoms with Gasteiger partial charge < -0.3 is 19.6 Å². The van der Waals surface area contributed by atoms with Crippen LogP contribution in [0.3, 0.4) is 0 Å². The van der Waals surface area contributed by atoms with Crippen LogP contribution >= 0.6 is 0 Å². The van der Waals surface area contributed by atoms with Crippen LogP contribution in [0, 0.1) is 6.07 Å². The van der Waals surface area contributed by atoms with Gasteiger partial charge in [-0.1, -0.05) is 41.5 Å². The summed E-state index contributed by atoms with van der Waals surface area (Å²) < 4.78 is 76.8. The summed E-state index contributed by atoms with van der Waals surface area (Å²) in [4.78, 5) is 11.9. The van der Waals surface area contributed by atoms with Gasteiger partial charge in [-0.15, -0.1) is 12.1 Å². The van der Waals surface area contributed by atoms with E-state index in [1.54, 1.807) is 42.6 Å². The smallest absolute Gasteiger partial charge is 0.433 e. The van der Waals surface area contributed by atoms with E-state index in [9.17, 15) is 26.3 Å². The minimum Gasteiger partial charge on any atom is -0.573 e. The van der Waals surface area contributed by atoms with E-state index in [1.165, 1.54) is 10.6 Å². The molecule has 6 rings (SSSR count). The molecule has 6 aromatic rings. The largest absolute Gasteiger partial charge is 0.573 e. The van der Waals surface area contributed by atoms with Crippen molar-refractivity contribution >= 4 is 27.5 Å². The molecule has 0 saturated carbocycles. The zero-order chi connectivity index (χ0) is 25.5. The van der Waals surface area contributed by atoms with Crippen LogP contribution < -0.4 is 5.10 Å². The van der Waals surface area contributed by atoms with Crippen molar-refractivity contribution in [2.45, 2.75) is 12.4 Å². The standard InChI is InChI=1S/C15H7F3N3.C9H5F3N3.Ir/c16-15(17,18)12-8-21-11-6-2-1-4-9(11)13-10(14(21)20-12)5-3-7-19-13;10-9(11,12)8-5-7(14-15-8)6-3-1-2-4-13-6;/h1-4,6-8H;1-5H;/q2*-1;. The monoisotopic (exact) mass is 691 g/mol. The number of alkyl halides is 6. The van der Waals surface area contributed by atoms with Crippen LogP contribution in [0.5, 0.6) is 0 Å². The van der Waals surface area contributed by atoms with Gasteiger partial charge in [-0.3, -0.25) is 9.97 Å². The van der Waals surface area contributed by atoms with Crippen molar-refractivity contribution in [1.29, 1.82) is 0 Å². The van der Waals surface area contributed by atoms with E-state index in [1.807, 2.05) is 12.1 Å². The molecule has 0 aliphatic carbocycles. The fourth-order valence-electron chi connectivity index (χ4n) is 3.57. The first-order valence-electron chi connectivity index (χ1n) is 10.3. The van der Waals surface area contributed by atoms with Crippen molar-refractivity contribution in [3.05, 3.63) is 90.6 Å². The van der Waals surface area contributed by atoms with E-state index in [0.29, 0.717) is 22.1 Å². The van der Waals surface area contributed by atoms with Gasteiger partial charge in [0.15, 0.2) is 5.69 Å². The number of hydrogen-bond donors (Lipinski definition) is 0. The number of pyridine rings is 3. The number of rotatable bonds is 1. The van der Waals surface area contributed by atoms with Crippen molar-refractivity contribution in [2.75, 3.05) is 0 Å². The Bertz CT molecular complexity index is 1600. The molecule has 0 aliphatic heterocycles. The number of imidazole rings is 1. The third-order valence-corrected chi connectivity index (χ3v) is 5.14. The minimum atomic E-state index is -4.48. The van der Waals surface area contributed by atoms with E-state index in [4.69, 9.17) is 0 Å². The molecule has 5 aromatic heterocycles. The van der Waals surface area contributed by atoms with Crippen LogP contribution in [0.25, 0.3) is 38.8 Å². The molecule has 37 heavy (non-hydrogen) atoms. The van der Waals surface area contributed by atoms with E-state index in [0.717, 1.165) is 17.6 Å². The second-order valence-electron chi connectivity index (χ2n) is 7.47. The summed E-state index contributed by atoms with van der Waals surface area (Å²) in [6, 6.07) is 17.5. The summed E-state index contributed by atoms with van der Waals surface area (Å²) in [5.74, 6) is 0. The molecule has 0 aliphatic rings. The number of halogens is 6. The Balaban J connectivity index is 0.000000178. The Hall–Kier alpha value is -3.83. The molecule has 0 fully saturated rings. The Morgan fingerprint density at radius 1 is 0.838 bits per heavy atom. The molecule has 0 spiro atoms. The molecule has 6 nitrogen and oxygen atoms in total. The Kier molecular flexibility index (Phi) is 7.02. The molecule has 1 radical (unpaired) electrons. The quantitative estimate of drug-likeness (QED) is 0.121. The number of nitrogens with zero attached hydrogens (tertiary/aromatic N) is 6. The van der Waals surface area contributed by atoms with Crippen molar-refractivity contribution in [1.82, 2.24) is 29.5 Å². The number of aromatic nitrogens is 6.